The van der Waals surface area contributed by atoms with E-state index in [4.69, 9.17) is 17.3 Å². The second-order valence-corrected chi connectivity index (χ2v) is 7.30. The fourth-order valence-electron chi connectivity index (χ4n) is 1.82. The third-order valence-electron chi connectivity index (χ3n) is 2.91. The van der Waals surface area contributed by atoms with Crippen LogP contribution in [0.3, 0.4) is 0 Å². The van der Waals surface area contributed by atoms with Crippen molar-refractivity contribution < 1.29 is 0 Å². The molecular formula is C14H11Br3ClN. The zero-order chi connectivity index (χ0) is 14.2. The van der Waals surface area contributed by atoms with Gasteiger partial charge in [-0.15, -0.1) is 0 Å². The molecule has 0 fully saturated rings. The largest absolute Gasteiger partial charge is 0.320 e. The number of aryl methyl sites for hydroxylation is 1. The molecule has 5 heteroatoms. The molecule has 0 saturated carbocycles. The smallest absolute Gasteiger partial charge is 0.0578 e. The lowest BCUT2D eigenvalue weighted by molar-refractivity contribution is 0.863. The molecule has 0 aliphatic rings. The van der Waals surface area contributed by atoms with Crippen LogP contribution in [0.2, 0.25) is 5.02 Å². The zero-order valence-electron chi connectivity index (χ0n) is 10.1. The van der Waals surface area contributed by atoms with Gasteiger partial charge in [-0.3, -0.25) is 0 Å². The maximum absolute atomic E-state index is 6.35. The second-order valence-electron chi connectivity index (χ2n) is 4.27. The first-order valence-corrected chi connectivity index (χ1v) is 8.32. The fraction of sp³-hybridized carbons (Fsp3) is 0.143. The Morgan fingerprint density at radius 3 is 2.37 bits per heavy atom. The summed E-state index contributed by atoms with van der Waals surface area (Å²) in [6.07, 6.45) is 0. The molecule has 0 bridgehead atoms. The molecule has 19 heavy (non-hydrogen) atoms. The fourth-order valence-corrected chi connectivity index (χ4v) is 3.50. The molecule has 0 heterocycles. The predicted octanol–water partition coefficient (Wildman–Crippen LogP) is 5.98. The summed E-state index contributed by atoms with van der Waals surface area (Å²) in [7, 11) is 0. The van der Waals surface area contributed by atoms with Crippen molar-refractivity contribution in [3.05, 3.63) is 65.5 Å². The van der Waals surface area contributed by atoms with E-state index >= 15 is 0 Å². The Balaban J connectivity index is 2.52. The molecule has 2 aromatic rings. The van der Waals surface area contributed by atoms with Crippen LogP contribution in [0.25, 0.3) is 0 Å². The van der Waals surface area contributed by atoms with Crippen molar-refractivity contribution in [1.82, 2.24) is 0 Å². The van der Waals surface area contributed by atoms with Gasteiger partial charge in [0.05, 0.1) is 6.04 Å². The Labute approximate surface area is 142 Å². The minimum atomic E-state index is -0.281. The monoisotopic (exact) mass is 465 g/mol. The van der Waals surface area contributed by atoms with Gasteiger partial charge in [0.1, 0.15) is 0 Å². The maximum Gasteiger partial charge on any atom is 0.0578 e. The van der Waals surface area contributed by atoms with Crippen LogP contribution in [-0.4, -0.2) is 0 Å². The molecule has 0 saturated heterocycles. The van der Waals surface area contributed by atoms with E-state index in [-0.39, 0.29) is 6.04 Å². The summed E-state index contributed by atoms with van der Waals surface area (Å²) < 4.78 is 2.98. The Morgan fingerprint density at radius 2 is 1.68 bits per heavy atom. The molecule has 1 nitrogen and oxygen atoms in total. The molecule has 0 aromatic heterocycles. The molecule has 1 unspecified atom stereocenters. The van der Waals surface area contributed by atoms with Crippen molar-refractivity contribution in [2.24, 2.45) is 5.73 Å². The Hall–Kier alpha value is 0.130. The van der Waals surface area contributed by atoms with Gasteiger partial charge in [-0.2, -0.15) is 0 Å². The summed E-state index contributed by atoms with van der Waals surface area (Å²) in [6.45, 7) is 2.04. The summed E-state index contributed by atoms with van der Waals surface area (Å²) in [4.78, 5) is 0. The summed E-state index contributed by atoms with van der Waals surface area (Å²) in [5, 5.41) is 0.666. The van der Waals surface area contributed by atoms with E-state index in [1.807, 2.05) is 37.3 Å². The third kappa shape index (κ3) is 3.42. The van der Waals surface area contributed by atoms with Gasteiger partial charge in [0, 0.05) is 18.4 Å². The first-order chi connectivity index (χ1) is 8.90. The van der Waals surface area contributed by atoms with Crippen LogP contribution >= 0.6 is 59.4 Å². The predicted molar refractivity (Wildman–Crippen MR) is 91.8 cm³/mol. The summed E-state index contributed by atoms with van der Waals surface area (Å²) in [5.74, 6) is 0. The van der Waals surface area contributed by atoms with Crippen molar-refractivity contribution in [3.63, 3.8) is 0 Å². The standard InChI is InChI=1S/C14H11Br3ClN/c1-7-4-12(17)9(6-11(7)16)14(19)10-5-8(15)2-3-13(10)18/h2-6,14H,19H2,1H3. The van der Waals surface area contributed by atoms with Gasteiger partial charge in [-0.05, 0) is 53.9 Å². The molecule has 2 aromatic carbocycles. The molecule has 0 spiro atoms. The van der Waals surface area contributed by atoms with Gasteiger partial charge in [0.25, 0.3) is 0 Å². The van der Waals surface area contributed by atoms with Gasteiger partial charge < -0.3 is 5.73 Å². The Morgan fingerprint density at radius 1 is 1.00 bits per heavy atom. The highest BCUT2D eigenvalue weighted by molar-refractivity contribution is 9.11. The number of benzene rings is 2. The van der Waals surface area contributed by atoms with Crippen molar-refractivity contribution in [2.45, 2.75) is 13.0 Å². The molecule has 0 amide bonds. The number of halogens is 4. The highest BCUT2D eigenvalue weighted by Gasteiger charge is 2.17. The van der Waals surface area contributed by atoms with Crippen molar-refractivity contribution in [3.8, 4) is 0 Å². The minimum Gasteiger partial charge on any atom is -0.320 e. The summed E-state index contributed by atoms with van der Waals surface area (Å²) in [5.41, 5.74) is 9.40. The quantitative estimate of drug-likeness (QED) is 0.576. The molecule has 0 radical (unpaired) electrons. The average Bonchev–Trinajstić information content (AvgIpc) is 2.36. The average molecular weight is 468 g/mol. The normalized spacial score (nSPS) is 12.5. The Bertz CT molecular complexity index is 628. The highest BCUT2D eigenvalue weighted by atomic mass is 79.9. The minimum absolute atomic E-state index is 0.281. The Kier molecular flexibility index (Phi) is 5.12. The molecule has 100 valence electrons. The van der Waals surface area contributed by atoms with E-state index in [9.17, 15) is 0 Å². The zero-order valence-corrected chi connectivity index (χ0v) is 15.6. The van der Waals surface area contributed by atoms with Crippen LogP contribution in [0.1, 0.15) is 22.7 Å². The van der Waals surface area contributed by atoms with E-state index in [1.165, 1.54) is 0 Å². The number of hydrogen-bond donors (Lipinski definition) is 1. The van der Waals surface area contributed by atoms with Crippen molar-refractivity contribution >= 4 is 59.4 Å². The van der Waals surface area contributed by atoms with Gasteiger partial charge in [0.2, 0.25) is 0 Å². The van der Waals surface area contributed by atoms with E-state index in [2.05, 4.69) is 47.8 Å². The lowest BCUT2D eigenvalue weighted by atomic mass is 9.99. The lowest BCUT2D eigenvalue weighted by Crippen LogP contribution is -2.13. The molecule has 0 aliphatic heterocycles. The maximum atomic E-state index is 6.35. The molecule has 1 atom stereocenters. The van der Waals surface area contributed by atoms with Gasteiger partial charge in [0.15, 0.2) is 0 Å². The van der Waals surface area contributed by atoms with Gasteiger partial charge >= 0.3 is 0 Å². The number of rotatable bonds is 2. The lowest BCUT2D eigenvalue weighted by Gasteiger charge is -2.17. The number of nitrogens with two attached hydrogens (primary N) is 1. The van der Waals surface area contributed by atoms with Crippen LogP contribution in [0.4, 0.5) is 0 Å². The summed E-state index contributed by atoms with van der Waals surface area (Å²) >= 11 is 16.8. The van der Waals surface area contributed by atoms with Gasteiger partial charge in [-0.25, -0.2) is 0 Å². The first kappa shape index (κ1) is 15.5. The first-order valence-electron chi connectivity index (χ1n) is 5.56. The van der Waals surface area contributed by atoms with E-state index in [0.717, 1.165) is 30.1 Å². The van der Waals surface area contributed by atoms with Crippen LogP contribution in [0, 0.1) is 6.92 Å². The van der Waals surface area contributed by atoms with Crippen LogP contribution in [-0.2, 0) is 0 Å². The highest BCUT2D eigenvalue weighted by Crippen LogP contribution is 2.35. The number of hydrogen-bond acceptors (Lipinski definition) is 1. The molecule has 2 rings (SSSR count). The molecule has 2 N–H and O–H groups in total. The van der Waals surface area contributed by atoms with E-state index in [0.29, 0.717) is 5.02 Å². The van der Waals surface area contributed by atoms with Crippen LogP contribution < -0.4 is 5.73 Å². The molecular weight excluding hydrogens is 457 g/mol. The second kappa shape index (κ2) is 6.27. The van der Waals surface area contributed by atoms with E-state index in [1.54, 1.807) is 0 Å². The van der Waals surface area contributed by atoms with Crippen molar-refractivity contribution in [2.75, 3.05) is 0 Å². The van der Waals surface area contributed by atoms with E-state index < -0.39 is 0 Å². The topological polar surface area (TPSA) is 26.0 Å². The van der Waals surface area contributed by atoms with Crippen molar-refractivity contribution in [1.29, 1.82) is 0 Å². The SMILES string of the molecule is Cc1cc(Br)c(C(N)c2cc(Br)ccc2Cl)cc1Br. The van der Waals surface area contributed by atoms with Gasteiger partial charge in [-0.1, -0.05) is 59.4 Å². The van der Waals surface area contributed by atoms with Crippen LogP contribution in [0.5, 0.6) is 0 Å². The summed E-state index contributed by atoms with van der Waals surface area (Å²) in [6, 6.07) is 9.49. The molecule has 0 aliphatic carbocycles. The van der Waals surface area contributed by atoms with Crippen LogP contribution in [0.15, 0.2) is 43.7 Å². The third-order valence-corrected chi connectivity index (χ3v) is 5.28.